The van der Waals surface area contributed by atoms with E-state index in [4.69, 9.17) is 11.5 Å². The van der Waals surface area contributed by atoms with E-state index >= 15 is 0 Å². The molecule has 16 heavy (non-hydrogen) atoms. The minimum atomic E-state index is 0.100. The summed E-state index contributed by atoms with van der Waals surface area (Å²) in [5, 5.41) is 0. The number of pyridine rings is 1. The van der Waals surface area contributed by atoms with Crippen molar-refractivity contribution >= 4 is 23.5 Å². The Morgan fingerprint density at radius 1 is 1.00 bits per heavy atom. The lowest BCUT2D eigenvalue weighted by Gasteiger charge is -2.16. The molecule has 2 rings (SSSR count). The van der Waals surface area contributed by atoms with Crippen LogP contribution in [-0.4, -0.2) is 27.0 Å². The van der Waals surface area contributed by atoms with Crippen LogP contribution in [0.5, 0.6) is 0 Å². The molecule has 0 aliphatic rings. The molecular formula is C9H11N7. The highest BCUT2D eigenvalue weighted by atomic mass is 15.3. The van der Waals surface area contributed by atoms with Gasteiger partial charge in [-0.2, -0.15) is 15.0 Å². The Kier molecular flexibility index (Phi) is 2.50. The monoisotopic (exact) mass is 217 g/mol. The van der Waals surface area contributed by atoms with Crippen LogP contribution in [0.2, 0.25) is 0 Å². The third kappa shape index (κ3) is 1.97. The van der Waals surface area contributed by atoms with E-state index in [-0.39, 0.29) is 11.9 Å². The van der Waals surface area contributed by atoms with Crippen LogP contribution in [0.1, 0.15) is 0 Å². The van der Waals surface area contributed by atoms with Crippen molar-refractivity contribution in [2.75, 3.05) is 23.4 Å². The van der Waals surface area contributed by atoms with Gasteiger partial charge < -0.3 is 16.4 Å². The van der Waals surface area contributed by atoms with Gasteiger partial charge in [0.2, 0.25) is 17.8 Å². The maximum Gasteiger partial charge on any atom is 0.236 e. The van der Waals surface area contributed by atoms with Gasteiger partial charge in [0.1, 0.15) is 0 Å². The Labute approximate surface area is 92.2 Å². The van der Waals surface area contributed by atoms with Crippen LogP contribution in [0, 0.1) is 0 Å². The van der Waals surface area contributed by atoms with Crippen molar-refractivity contribution in [2.45, 2.75) is 0 Å². The molecule has 7 heteroatoms. The summed E-state index contributed by atoms with van der Waals surface area (Å²) < 4.78 is 0. The molecule has 7 nitrogen and oxygen atoms in total. The van der Waals surface area contributed by atoms with Crippen molar-refractivity contribution < 1.29 is 0 Å². The van der Waals surface area contributed by atoms with E-state index < -0.39 is 0 Å². The standard InChI is InChI=1S/C9H11N7/c1-16(6-2-4-12-5-3-6)9-14-7(10)13-8(11)15-9/h2-5H,1H3,(H4,10,11,13,14,15). The van der Waals surface area contributed by atoms with Crippen LogP contribution in [-0.2, 0) is 0 Å². The highest BCUT2D eigenvalue weighted by molar-refractivity contribution is 5.56. The van der Waals surface area contributed by atoms with Crippen molar-refractivity contribution in [1.29, 1.82) is 0 Å². The lowest BCUT2D eigenvalue weighted by atomic mass is 10.4. The molecule has 0 saturated heterocycles. The molecule has 0 radical (unpaired) electrons. The van der Waals surface area contributed by atoms with Gasteiger partial charge in [0, 0.05) is 25.1 Å². The van der Waals surface area contributed by atoms with E-state index in [1.54, 1.807) is 17.3 Å². The van der Waals surface area contributed by atoms with Crippen molar-refractivity contribution in [1.82, 2.24) is 19.9 Å². The average molecular weight is 217 g/mol. The van der Waals surface area contributed by atoms with Crippen LogP contribution >= 0.6 is 0 Å². The molecule has 2 aromatic rings. The van der Waals surface area contributed by atoms with E-state index in [0.29, 0.717) is 5.95 Å². The molecule has 4 N–H and O–H groups in total. The van der Waals surface area contributed by atoms with Gasteiger partial charge in [-0.1, -0.05) is 0 Å². The molecule has 2 heterocycles. The second kappa shape index (κ2) is 3.97. The molecule has 0 fully saturated rings. The van der Waals surface area contributed by atoms with Crippen LogP contribution in [0.25, 0.3) is 0 Å². The summed E-state index contributed by atoms with van der Waals surface area (Å²) in [5.74, 6) is 0.600. The first-order chi connectivity index (χ1) is 7.66. The Morgan fingerprint density at radius 2 is 1.56 bits per heavy atom. The zero-order valence-electron chi connectivity index (χ0n) is 8.70. The first-order valence-corrected chi connectivity index (χ1v) is 4.57. The van der Waals surface area contributed by atoms with Gasteiger partial charge in [0.05, 0.1) is 0 Å². The Morgan fingerprint density at radius 3 is 2.12 bits per heavy atom. The van der Waals surface area contributed by atoms with E-state index in [0.717, 1.165) is 5.69 Å². The fourth-order valence-electron chi connectivity index (χ4n) is 1.23. The predicted octanol–water partition coefficient (Wildman–Crippen LogP) is 0.199. The summed E-state index contributed by atoms with van der Waals surface area (Å²) in [6.45, 7) is 0. The summed E-state index contributed by atoms with van der Waals surface area (Å²) in [6.07, 6.45) is 3.36. The van der Waals surface area contributed by atoms with E-state index in [9.17, 15) is 0 Å². The quantitative estimate of drug-likeness (QED) is 0.739. The van der Waals surface area contributed by atoms with Crippen molar-refractivity contribution in [3.05, 3.63) is 24.5 Å². The molecule has 0 atom stereocenters. The Hall–Kier alpha value is -2.44. The summed E-state index contributed by atoms with van der Waals surface area (Å²) in [5.41, 5.74) is 11.9. The largest absolute Gasteiger partial charge is 0.368 e. The molecule has 82 valence electrons. The summed E-state index contributed by atoms with van der Waals surface area (Å²) in [6, 6.07) is 3.66. The zero-order valence-corrected chi connectivity index (χ0v) is 8.70. The topological polar surface area (TPSA) is 107 Å². The smallest absolute Gasteiger partial charge is 0.236 e. The highest BCUT2D eigenvalue weighted by Gasteiger charge is 2.08. The third-order valence-corrected chi connectivity index (χ3v) is 2.01. The zero-order chi connectivity index (χ0) is 11.5. The summed E-state index contributed by atoms with van der Waals surface area (Å²) in [4.78, 5) is 17.4. The lowest BCUT2D eigenvalue weighted by molar-refractivity contribution is 1.00. The SMILES string of the molecule is CN(c1ccncc1)c1nc(N)nc(N)n1. The van der Waals surface area contributed by atoms with Gasteiger partial charge >= 0.3 is 0 Å². The fourth-order valence-corrected chi connectivity index (χ4v) is 1.23. The van der Waals surface area contributed by atoms with Crippen LogP contribution < -0.4 is 16.4 Å². The molecule has 0 aromatic carbocycles. The maximum atomic E-state index is 5.49. The van der Waals surface area contributed by atoms with E-state index in [1.165, 1.54) is 0 Å². The summed E-state index contributed by atoms with van der Waals surface area (Å²) >= 11 is 0. The molecule has 2 aromatic heterocycles. The number of nitrogens with zero attached hydrogens (tertiary/aromatic N) is 5. The Bertz CT molecular complexity index is 464. The average Bonchev–Trinajstić information content (AvgIpc) is 2.28. The van der Waals surface area contributed by atoms with Gasteiger partial charge in [0.25, 0.3) is 0 Å². The molecule has 0 spiro atoms. The van der Waals surface area contributed by atoms with Gasteiger partial charge in [-0.15, -0.1) is 0 Å². The fraction of sp³-hybridized carbons (Fsp3) is 0.111. The minimum absolute atomic E-state index is 0.100. The summed E-state index contributed by atoms with van der Waals surface area (Å²) in [7, 11) is 1.81. The number of rotatable bonds is 2. The number of aromatic nitrogens is 4. The molecule has 0 amide bonds. The van der Waals surface area contributed by atoms with Crippen molar-refractivity contribution in [3.8, 4) is 0 Å². The second-order valence-corrected chi connectivity index (χ2v) is 3.12. The first-order valence-electron chi connectivity index (χ1n) is 4.57. The molecule has 0 unspecified atom stereocenters. The Balaban J connectivity index is 2.37. The van der Waals surface area contributed by atoms with Gasteiger partial charge in [-0.25, -0.2) is 0 Å². The number of nitrogen functional groups attached to an aromatic ring is 2. The molecule has 0 aliphatic carbocycles. The molecule has 0 aliphatic heterocycles. The molecule has 0 bridgehead atoms. The number of anilines is 4. The van der Waals surface area contributed by atoms with Gasteiger partial charge in [0.15, 0.2) is 0 Å². The van der Waals surface area contributed by atoms with Gasteiger partial charge in [-0.05, 0) is 12.1 Å². The minimum Gasteiger partial charge on any atom is -0.368 e. The van der Waals surface area contributed by atoms with Crippen molar-refractivity contribution in [3.63, 3.8) is 0 Å². The van der Waals surface area contributed by atoms with Crippen LogP contribution in [0.3, 0.4) is 0 Å². The van der Waals surface area contributed by atoms with Crippen LogP contribution in [0.4, 0.5) is 23.5 Å². The van der Waals surface area contributed by atoms with Crippen LogP contribution in [0.15, 0.2) is 24.5 Å². The van der Waals surface area contributed by atoms with Gasteiger partial charge in [-0.3, -0.25) is 4.98 Å². The molecule has 0 saturated carbocycles. The third-order valence-electron chi connectivity index (χ3n) is 2.01. The highest BCUT2D eigenvalue weighted by Crippen LogP contribution is 2.19. The number of nitrogens with two attached hydrogens (primary N) is 2. The number of hydrogen-bond acceptors (Lipinski definition) is 7. The van der Waals surface area contributed by atoms with E-state index in [2.05, 4.69) is 19.9 Å². The van der Waals surface area contributed by atoms with Crippen molar-refractivity contribution in [2.24, 2.45) is 0 Å². The number of hydrogen-bond donors (Lipinski definition) is 2. The maximum absolute atomic E-state index is 5.49. The normalized spacial score (nSPS) is 10.1. The lowest BCUT2D eigenvalue weighted by Crippen LogP contribution is -2.16. The second-order valence-electron chi connectivity index (χ2n) is 3.12. The predicted molar refractivity (Wildman–Crippen MR) is 61.0 cm³/mol. The molecular weight excluding hydrogens is 206 g/mol. The first kappa shape index (κ1) is 10.1. The van der Waals surface area contributed by atoms with E-state index in [1.807, 2.05) is 19.2 Å².